The molecular formula is C25H29N3O. The van der Waals surface area contributed by atoms with Gasteiger partial charge in [0, 0.05) is 23.4 Å². The predicted molar refractivity (Wildman–Crippen MR) is 120 cm³/mol. The van der Waals surface area contributed by atoms with Gasteiger partial charge in [0.1, 0.15) is 5.52 Å². The molecule has 4 nitrogen and oxygen atoms in total. The van der Waals surface area contributed by atoms with Crippen LogP contribution in [0.1, 0.15) is 61.1 Å². The van der Waals surface area contributed by atoms with Gasteiger partial charge in [-0.2, -0.15) is 0 Å². The number of hydrogen-bond donors (Lipinski definition) is 2. The molecule has 1 aliphatic heterocycles. The Morgan fingerprint density at radius 1 is 1.07 bits per heavy atom. The fraction of sp³-hybridized carbons (Fsp3) is 0.400. The van der Waals surface area contributed by atoms with E-state index in [-0.39, 0.29) is 0 Å². The second-order valence-electron chi connectivity index (χ2n) is 8.77. The molecule has 1 saturated heterocycles. The number of hydrogen-bond acceptors (Lipinski definition) is 3. The molecule has 0 atom stereocenters. The first kappa shape index (κ1) is 18.4. The molecule has 2 aromatic carbocycles. The van der Waals surface area contributed by atoms with Gasteiger partial charge in [0.05, 0.1) is 5.69 Å². The molecule has 0 saturated carbocycles. The van der Waals surface area contributed by atoms with Gasteiger partial charge in [-0.25, -0.2) is 4.98 Å². The highest BCUT2D eigenvalue weighted by Gasteiger charge is 2.21. The summed E-state index contributed by atoms with van der Waals surface area (Å²) >= 11 is 0. The van der Waals surface area contributed by atoms with E-state index < -0.39 is 0 Å². The Kier molecular flexibility index (Phi) is 4.47. The number of nitrogens with zero attached hydrogens (tertiary/aromatic N) is 1. The van der Waals surface area contributed by atoms with E-state index >= 15 is 0 Å². The van der Waals surface area contributed by atoms with Gasteiger partial charge in [-0.05, 0) is 85.6 Å². The lowest BCUT2D eigenvalue weighted by Gasteiger charge is -2.23. The van der Waals surface area contributed by atoms with Gasteiger partial charge in [-0.1, -0.05) is 19.9 Å². The van der Waals surface area contributed by atoms with Crippen molar-refractivity contribution in [1.82, 2.24) is 15.3 Å². The van der Waals surface area contributed by atoms with Crippen molar-refractivity contribution >= 4 is 22.0 Å². The minimum absolute atomic E-state index is 0.428. The lowest BCUT2D eigenvalue weighted by atomic mass is 9.88. The average molecular weight is 388 g/mol. The fourth-order valence-electron chi connectivity index (χ4n) is 4.92. The number of piperidine rings is 1. The van der Waals surface area contributed by atoms with Gasteiger partial charge in [0.2, 0.25) is 0 Å². The maximum absolute atomic E-state index is 5.78. The highest BCUT2D eigenvalue weighted by molar-refractivity contribution is 5.94. The number of rotatable bonds is 3. The lowest BCUT2D eigenvalue weighted by molar-refractivity contribution is 0.460. The second-order valence-corrected chi connectivity index (χ2v) is 8.77. The van der Waals surface area contributed by atoms with E-state index in [1.54, 1.807) is 0 Å². The Balaban J connectivity index is 1.68. The van der Waals surface area contributed by atoms with Crippen molar-refractivity contribution in [3.05, 3.63) is 52.9 Å². The Morgan fingerprint density at radius 2 is 1.86 bits per heavy atom. The van der Waals surface area contributed by atoms with Gasteiger partial charge < -0.3 is 14.7 Å². The van der Waals surface area contributed by atoms with Crippen molar-refractivity contribution in [2.75, 3.05) is 13.1 Å². The van der Waals surface area contributed by atoms with Gasteiger partial charge in [0.15, 0.2) is 11.5 Å². The molecule has 0 radical (unpaired) electrons. The summed E-state index contributed by atoms with van der Waals surface area (Å²) in [5, 5.41) is 4.84. The summed E-state index contributed by atoms with van der Waals surface area (Å²) in [4.78, 5) is 8.30. The third-order valence-corrected chi connectivity index (χ3v) is 6.32. The fourth-order valence-corrected chi connectivity index (χ4v) is 4.92. The standard InChI is InChI=1S/C25H29N3O/c1-14(2)23-20-12-18(17-7-9-26-10-8-17)5-6-21(20)28-24(23)19-11-15(3)25-22(13-19)27-16(4)29-25/h5-6,11-14,17,26,28H,7-10H2,1-4H3. The molecule has 0 spiro atoms. The molecule has 0 bridgehead atoms. The van der Waals surface area contributed by atoms with E-state index in [2.05, 4.69) is 66.4 Å². The minimum Gasteiger partial charge on any atom is -0.441 e. The molecule has 4 heteroatoms. The van der Waals surface area contributed by atoms with Gasteiger partial charge >= 0.3 is 0 Å². The molecule has 3 heterocycles. The number of H-pyrrole nitrogens is 1. The number of benzene rings is 2. The van der Waals surface area contributed by atoms with E-state index in [1.165, 1.54) is 46.1 Å². The molecule has 2 N–H and O–H groups in total. The normalized spacial score (nSPS) is 15.8. The highest BCUT2D eigenvalue weighted by Crippen LogP contribution is 2.39. The molecule has 4 aromatic rings. The third kappa shape index (κ3) is 3.16. The minimum atomic E-state index is 0.428. The van der Waals surface area contributed by atoms with Crippen LogP contribution in [0.2, 0.25) is 0 Å². The van der Waals surface area contributed by atoms with Gasteiger partial charge in [0.25, 0.3) is 0 Å². The quantitative estimate of drug-likeness (QED) is 0.441. The summed E-state index contributed by atoms with van der Waals surface area (Å²) in [5.41, 5.74) is 9.44. The third-order valence-electron chi connectivity index (χ3n) is 6.32. The van der Waals surface area contributed by atoms with Crippen LogP contribution in [0.5, 0.6) is 0 Å². The lowest BCUT2D eigenvalue weighted by Crippen LogP contribution is -2.26. The largest absolute Gasteiger partial charge is 0.441 e. The van der Waals surface area contributed by atoms with Gasteiger partial charge in [-0.15, -0.1) is 0 Å². The van der Waals surface area contributed by atoms with Crippen molar-refractivity contribution in [3.8, 4) is 11.3 Å². The zero-order valence-electron chi connectivity index (χ0n) is 17.7. The Labute approximate surface area is 171 Å². The number of oxazole rings is 1. The molecular weight excluding hydrogens is 358 g/mol. The molecule has 0 unspecified atom stereocenters. The van der Waals surface area contributed by atoms with Crippen molar-refractivity contribution in [3.63, 3.8) is 0 Å². The molecule has 1 fully saturated rings. The first-order valence-corrected chi connectivity index (χ1v) is 10.8. The van der Waals surface area contributed by atoms with Crippen LogP contribution in [0, 0.1) is 13.8 Å². The molecule has 29 heavy (non-hydrogen) atoms. The molecule has 1 aliphatic rings. The van der Waals surface area contributed by atoms with Crippen LogP contribution in [-0.4, -0.2) is 23.1 Å². The Hall–Kier alpha value is -2.59. The van der Waals surface area contributed by atoms with E-state index in [1.807, 2.05) is 6.92 Å². The van der Waals surface area contributed by atoms with Crippen molar-refractivity contribution in [1.29, 1.82) is 0 Å². The predicted octanol–water partition coefficient (Wildman–Crippen LogP) is 6.18. The van der Waals surface area contributed by atoms with Crippen LogP contribution in [0.3, 0.4) is 0 Å². The van der Waals surface area contributed by atoms with Crippen LogP contribution < -0.4 is 5.32 Å². The first-order valence-electron chi connectivity index (χ1n) is 10.8. The number of aromatic nitrogens is 2. The maximum atomic E-state index is 5.78. The number of aryl methyl sites for hydroxylation is 2. The maximum Gasteiger partial charge on any atom is 0.192 e. The number of fused-ring (bicyclic) bond motifs is 2. The SMILES string of the molecule is Cc1nc2cc(-c3[nH]c4ccc(C5CCNCC5)cc4c3C(C)C)cc(C)c2o1. The Morgan fingerprint density at radius 3 is 2.62 bits per heavy atom. The van der Waals surface area contributed by atoms with Gasteiger partial charge in [-0.3, -0.25) is 0 Å². The van der Waals surface area contributed by atoms with Crippen molar-refractivity contribution < 1.29 is 4.42 Å². The molecule has 5 rings (SSSR count). The second kappa shape index (κ2) is 7.03. The van der Waals surface area contributed by atoms with Crippen LogP contribution in [0.15, 0.2) is 34.7 Å². The zero-order chi connectivity index (χ0) is 20.1. The Bertz CT molecular complexity index is 1190. The summed E-state index contributed by atoms with van der Waals surface area (Å²) < 4.78 is 5.78. The summed E-state index contributed by atoms with van der Waals surface area (Å²) in [5.74, 6) is 1.81. The molecule has 150 valence electrons. The summed E-state index contributed by atoms with van der Waals surface area (Å²) in [7, 11) is 0. The zero-order valence-corrected chi connectivity index (χ0v) is 17.7. The first-order chi connectivity index (χ1) is 14.0. The van der Waals surface area contributed by atoms with Crippen molar-refractivity contribution in [2.45, 2.75) is 52.4 Å². The van der Waals surface area contributed by atoms with Crippen LogP contribution in [0.25, 0.3) is 33.3 Å². The van der Waals surface area contributed by atoms with E-state index in [0.717, 1.165) is 29.8 Å². The average Bonchev–Trinajstić information content (AvgIpc) is 3.28. The topological polar surface area (TPSA) is 53.9 Å². The van der Waals surface area contributed by atoms with Crippen LogP contribution in [0.4, 0.5) is 0 Å². The van der Waals surface area contributed by atoms with E-state index in [9.17, 15) is 0 Å². The molecule has 0 aliphatic carbocycles. The van der Waals surface area contributed by atoms with Crippen LogP contribution in [-0.2, 0) is 0 Å². The summed E-state index contributed by atoms with van der Waals surface area (Å²) in [6.45, 7) is 10.8. The summed E-state index contributed by atoms with van der Waals surface area (Å²) in [6.07, 6.45) is 2.45. The smallest absolute Gasteiger partial charge is 0.192 e. The van der Waals surface area contributed by atoms with E-state index in [4.69, 9.17) is 4.42 Å². The van der Waals surface area contributed by atoms with Crippen molar-refractivity contribution in [2.24, 2.45) is 0 Å². The highest BCUT2D eigenvalue weighted by atomic mass is 16.3. The van der Waals surface area contributed by atoms with Crippen LogP contribution >= 0.6 is 0 Å². The number of nitrogens with one attached hydrogen (secondary N) is 2. The number of aromatic amines is 1. The summed E-state index contributed by atoms with van der Waals surface area (Å²) in [6, 6.07) is 11.4. The molecule has 0 amide bonds. The van der Waals surface area contributed by atoms with E-state index in [0.29, 0.717) is 17.7 Å². The monoisotopic (exact) mass is 387 g/mol. The molecule has 2 aromatic heterocycles.